The third-order valence-corrected chi connectivity index (χ3v) is 1.88. The van der Waals surface area contributed by atoms with Crippen molar-refractivity contribution in [1.82, 2.24) is 10.2 Å². The van der Waals surface area contributed by atoms with Crippen LogP contribution in [0.3, 0.4) is 0 Å². The molecule has 0 saturated carbocycles. The molecule has 0 aliphatic heterocycles. The van der Waals surface area contributed by atoms with Crippen LogP contribution in [0, 0.1) is 11.6 Å². The van der Waals surface area contributed by atoms with Gasteiger partial charge in [-0.3, -0.25) is 0 Å². The van der Waals surface area contributed by atoms with E-state index < -0.39 is 11.6 Å². The van der Waals surface area contributed by atoms with Crippen LogP contribution in [-0.4, -0.2) is 10.2 Å². The van der Waals surface area contributed by atoms with E-state index in [-0.39, 0.29) is 11.5 Å². The fraction of sp³-hybridized carbons (Fsp3) is 0.200. The third-order valence-electron chi connectivity index (χ3n) is 1.88. The molecule has 0 amide bonds. The smallest absolute Gasteiger partial charge is 0.247 e. The summed E-state index contributed by atoms with van der Waals surface area (Å²) in [5.41, 5.74) is 0.250. The number of hydrogen-bond donors (Lipinski definition) is 0. The van der Waals surface area contributed by atoms with Crippen molar-refractivity contribution in [3.63, 3.8) is 0 Å². The van der Waals surface area contributed by atoms with Gasteiger partial charge in [0.05, 0.1) is 0 Å². The minimum atomic E-state index is -0.666. The second-order valence-corrected chi connectivity index (χ2v) is 3.01. The minimum absolute atomic E-state index is 0.130. The minimum Gasteiger partial charge on any atom is -0.421 e. The van der Waals surface area contributed by atoms with Crippen LogP contribution in [0.1, 0.15) is 12.8 Å². The molecule has 1 aromatic heterocycles. The highest BCUT2D eigenvalue weighted by atomic mass is 19.1. The molecule has 2 aromatic rings. The molecule has 5 heteroatoms. The topological polar surface area (TPSA) is 38.9 Å². The molecule has 0 N–H and O–H groups in total. The van der Waals surface area contributed by atoms with Gasteiger partial charge in [0.1, 0.15) is 11.6 Å². The second kappa shape index (κ2) is 3.76. The molecule has 0 saturated heterocycles. The van der Waals surface area contributed by atoms with E-state index in [9.17, 15) is 8.78 Å². The van der Waals surface area contributed by atoms with Crippen LogP contribution >= 0.6 is 0 Å². The number of halogens is 2. The average Bonchev–Trinajstić information content (AvgIpc) is 2.64. The Morgan fingerprint density at radius 2 is 1.80 bits per heavy atom. The largest absolute Gasteiger partial charge is 0.421 e. The van der Waals surface area contributed by atoms with Gasteiger partial charge < -0.3 is 4.42 Å². The van der Waals surface area contributed by atoms with E-state index in [4.69, 9.17) is 4.42 Å². The molecule has 3 nitrogen and oxygen atoms in total. The Hall–Kier alpha value is -1.78. The first kappa shape index (κ1) is 9.76. The molecule has 0 radical (unpaired) electrons. The highest BCUT2D eigenvalue weighted by Gasteiger charge is 2.09. The molecular formula is C10H8F2N2O. The van der Waals surface area contributed by atoms with Crippen LogP contribution in [0.5, 0.6) is 0 Å². The standard InChI is InChI=1S/C10H8F2N2O/c1-2-9-13-14-10(15-9)6-3-7(11)5-8(12)4-6/h3-5H,2H2,1H3. The SMILES string of the molecule is CCc1nnc(-c2cc(F)cc(F)c2)o1. The summed E-state index contributed by atoms with van der Waals surface area (Å²) >= 11 is 0. The van der Waals surface area contributed by atoms with Crippen molar-refractivity contribution < 1.29 is 13.2 Å². The normalized spacial score (nSPS) is 10.6. The third kappa shape index (κ3) is 2.01. The van der Waals surface area contributed by atoms with Crippen molar-refractivity contribution in [3.8, 4) is 11.5 Å². The van der Waals surface area contributed by atoms with Gasteiger partial charge >= 0.3 is 0 Å². The van der Waals surface area contributed by atoms with Crippen LogP contribution in [0.2, 0.25) is 0 Å². The molecule has 0 unspecified atom stereocenters. The first-order valence-electron chi connectivity index (χ1n) is 4.48. The Balaban J connectivity index is 2.44. The summed E-state index contributed by atoms with van der Waals surface area (Å²) in [6, 6.07) is 3.09. The van der Waals surface area contributed by atoms with Gasteiger partial charge in [-0.1, -0.05) is 6.92 Å². The summed E-state index contributed by atoms with van der Waals surface area (Å²) in [5.74, 6) is -0.762. The van der Waals surface area contributed by atoms with Gasteiger partial charge in [-0.15, -0.1) is 10.2 Å². The van der Waals surface area contributed by atoms with Gasteiger partial charge in [-0.2, -0.15) is 0 Å². The Morgan fingerprint density at radius 3 is 2.33 bits per heavy atom. The summed E-state index contributed by atoms with van der Waals surface area (Å²) in [6.45, 7) is 1.85. The predicted molar refractivity (Wildman–Crippen MR) is 49.0 cm³/mol. The molecule has 0 spiro atoms. The lowest BCUT2D eigenvalue weighted by Crippen LogP contribution is -1.84. The highest BCUT2D eigenvalue weighted by molar-refractivity contribution is 5.52. The molecule has 0 atom stereocenters. The molecule has 2 rings (SSSR count). The molecular weight excluding hydrogens is 202 g/mol. The van der Waals surface area contributed by atoms with Crippen molar-refractivity contribution >= 4 is 0 Å². The molecule has 15 heavy (non-hydrogen) atoms. The Morgan fingerprint density at radius 1 is 1.13 bits per heavy atom. The number of aromatic nitrogens is 2. The maximum absolute atomic E-state index is 12.9. The van der Waals surface area contributed by atoms with Gasteiger partial charge in [-0.05, 0) is 12.1 Å². The fourth-order valence-corrected chi connectivity index (χ4v) is 1.19. The van der Waals surface area contributed by atoms with E-state index in [0.717, 1.165) is 18.2 Å². The van der Waals surface area contributed by atoms with E-state index in [1.807, 2.05) is 6.92 Å². The highest BCUT2D eigenvalue weighted by Crippen LogP contribution is 2.20. The molecule has 0 bridgehead atoms. The zero-order valence-corrected chi connectivity index (χ0v) is 8.00. The van der Waals surface area contributed by atoms with Crippen LogP contribution in [0.4, 0.5) is 8.78 Å². The molecule has 0 aliphatic rings. The van der Waals surface area contributed by atoms with E-state index in [1.54, 1.807) is 0 Å². The first-order valence-corrected chi connectivity index (χ1v) is 4.48. The Bertz CT molecular complexity index is 462. The Labute approximate surface area is 84.8 Å². The number of benzene rings is 1. The lowest BCUT2D eigenvalue weighted by molar-refractivity contribution is 0.511. The van der Waals surface area contributed by atoms with Crippen LogP contribution < -0.4 is 0 Å². The quantitative estimate of drug-likeness (QED) is 0.764. The summed E-state index contributed by atoms with van der Waals surface area (Å²) in [6.07, 6.45) is 0.588. The summed E-state index contributed by atoms with van der Waals surface area (Å²) in [7, 11) is 0. The molecule has 0 fully saturated rings. The van der Waals surface area contributed by atoms with E-state index >= 15 is 0 Å². The van der Waals surface area contributed by atoms with Crippen molar-refractivity contribution in [2.24, 2.45) is 0 Å². The van der Waals surface area contributed by atoms with E-state index in [1.165, 1.54) is 0 Å². The zero-order valence-electron chi connectivity index (χ0n) is 8.00. The van der Waals surface area contributed by atoms with Crippen LogP contribution in [0.25, 0.3) is 11.5 Å². The summed E-state index contributed by atoms with van der Waals surface area (Å²) in [4.78, 5) is 0. The lowest BCUT2D eigenvalue weighted by Gasteiger charge is -1.95. The van der Waals surface area contributed by atoms with Gasteiger partial charge in [-0.25, -0.2) is 8.78 Å². The van der Waals surface area contributed by atoms with Crippen molar-refractivity contribution in [1.29, 1.82) is 0 Å². The molecule has 1 heterocycles. The van der Waals surface area contributed by atoms with Gasteiger partial charge in [0.15, 0.2) is 0 Å². The lowest BCUT2D eigenvalue weighted by atomic mass is 10.2. The second-order valence-electron chi connectivity index (χ2n) is 3.01. The Kier molecular flexibility index (Phi) is 2.45. The van der Waals surface area contributed by atoms with E-state index in [2.05, 4.69) is 10.2 Å². The predicted octanol–water partition coefficient (Wildman–Crippen LogP) is 2.58. The molecule has 1 aromatic carbocycles. The maximum Gasteiger partial charge on any atom is 0.247 e. The van der Waals surface area contributed by atoms with Gasteiger partial charge in [0.25, 0.3) is 0 Å². The monoisotopic (exact) mass is 210 g/mol. The molecule has 0 aliphatic carbocycles. The average molecular weight is 210 g/mol. The summed E-state index contributed by atoms with van der Waals surface area (Å²) < 4.78 is 30.9. The number of rotatable bonds is 2. The number of aryl methyl sites for hydroxylation is 1. The van der Waals surface area contributed by atoms with Crippen molar-refractivity contribution in [2.45, 2.75) is 13.3 Å². The van der Waals surface area contributed by atoms with Crippen LogP contribution in [0.15, 0.2) is 22.6 Å². The van der Waals surface area contributed by atoms with Crippen LogP contribution in [-0.2, 0) is 6.42 Å². The zero-order chi connectivity index (χ0) is 10.8. The van der Waals surface area contributed by atoms with E-state index in [0.29, 0.717) is 12.3 Å². The first-order chi connectivity index (χ1) is 7.19. The van der Waals surface area contributed by atoms with Gasteiger partial charge in [0.2, 0.25) is 11.8 Å². The fourth-order valence-electron chi connectivity index (χ4n) is 1.19. The van der Waals surface area contributed by atoms with Crippen molar-refractivity contribution in [2.75, 3.05) is 0 Å². The van der Waals surface area contributed by atoms with Crippen molar-refractivity contribution in [3.05, 3.63) is 35.7 Å². The maximum atomic E-state index is 12.9. The number of nitrogens with zero attached hydrogens (tertiary/aromatic N) is 2. The molecule has 78 valence electrons. The summed E-state index contributed by atoms with van der Waals surface area (Å²) in [5, 5.41) is 7.40. The number of hydrogen-bond acceptors (Lipinski definition) is 3. The van der Waals surface area contributed by atoms with Gasteiger partial charge in [0, 0.05) is 18.1 Å².